The molecule has 126 heavy (non-hydrogen) atoms. The monoisotopic (exact) mass is 1850 g/mol. The van der Waals surface area contributed by atoms with E-state index in [1.165, 1.54) is 149 Å². The molecular weight excluding hydrogens is 1680 g/mol. The molecule has 3 aliphatic carbocycles. The molecule has 6 aromatic rings. The van der Waals surface area contributed by atoms with Crippen molar-refractivity contribution in [3.05, 3.63) is 140 Å². The van der Waals surface area contributed by atoms with Crippen LogP contribution in [0.1, 0.15) is 390 Å². The molecule has 0 saturated heterocycles. The minimum Gasteiger partial charge on any atom is -0.504 e. The number of ether oxygens (including phenoxy) is 6. The Labute approximate surface area is 790 Å². The van der Waals surface area contributed by atoms with Crippen LogP contribution in [0.3, 0.4) is 0 Å². The lowest BCUT2D eigenvalue weighted by molar-refractivity contribution is 0.125. The molecule has 0 spiro atoms. The van der Waals surface area contributed by atoms with E-state index >= 15 is 0 Å². The highest BCUT2D eigenvalue weighted by Gasteiger charge is 2.34. The van der Waals surface area contributed by atoms with Crippen LogP contribution in [0.5, 0.6) is 69.0 Å². The van der Waals surface area contributed by atoms with E-state index in [4.69, 9.17) is 28.4 Å². The maximum absolute atomic E-state index is 11.3. The Morgan fingerprint density at radius 2 is 0.421 bits per heavy atom. The number of hydrogen-bond acceptors (Lipinski definition) is 18. The van der Waals surface area contributed by atoms with Gasteiger partial charge in [-0.25, -0.2) is 0 Å². The van der Waals surface area contributed by atoms with Crippen LogP contribution in [-0.2, 0) is 67.0 Å². The minimum absolute atomic E-state index is 0.00216. The van der Waals surface area contributed by atoms with Crippen LogP contribution in [0.25, 0.3) is 0 Å². The van der Waals surface area contributed by atoms with E-state index in [1.54, 1.807) is 0 Å². The zero-order valence-corrected chi connectivity index (χ0v) is 88.4. The predicted octanol–water partition coefficient (Wildman–Crippen LogP) is 31.6. The zero-order chi connectivity index (χ0) is 93.8. The molecule has 708 valence electrons. The first kappa shape index (κ1) is 108. The first-order valence-electron chi connectivity index (χ1n) is 47.4. The third-order valence-electron chi connectivity index (χ3n) is 23.4. The third-order valence-corrected chi connectivity index (χ3v) is 32.8. The Kier molecular flexibility index (Phi) is 40.8. The molecule has 0 aliphatic heterocycles. The average Bonchev–Trinajstić information content (AvgIpc) is 0.776. The standard InChI is InChI=1S/C38H60O4S2.C36H56O4S2.C34H52O4S2/c1-35(2,3)27-19-25(33(39)29(21-27)41-37(7,8)9)23-43-31-17-15-13-14-16-18-32(31)44-24-26-20-28(36(4,5)6)22-30(34(26)40)42-38(10,11)12;1-23(2)39-29-19-27(35(5,6)7)17-25(33(29)37)21-41-31-15-13-11-12-14-16-32(31)42-22-26-18-28(36(8,9)10)20-30(34(26)38)40-24(3)4;1-9-37-27-19-25(33(3,4)5)17-23(31(27)35)21-39-29-15-13-11-12-14-16-30(29)40-22-24-18-26(34(6,7)8)20-28(32(24)36)38-10-2/h19-22,31-32,39-40H,13-18,23-24H2,1-12H3;17-20,23-24,31-32,37-38H,11-16,21-22H2,1-10H3;17-20,29-30,35-36H,9-16,21-22H2,1-8H3/t2*31-,32?;29-,30?/m000/s1. The first-order chi connectivity index (χ1) is 58.5. The smallest absolute Gasteiger partial charge is 0.162 e. The molecule has 3 aliphatic rings. The Morgan fingerprint density at radius 3 is 0.587 bits per heavy atom. The normalized spacial score (nSPS) is 18.8. The summed E-state index contributed by atoms with van der Waals surface area (Å²) in [5.41, 5.74) is 11.8. The fourth-order valence-electron chi connectivity index (χ4n) is 15.9. The quantitative estimate of drug-likeness (QED) is 0.0273. The lowest BCUT2D eigenvalue weighted by atomic mass is 9.86. The van der Waals surface area contributed by atoms with Gasteiger partial charge in [0.2, 0.25) is 0 Å². The highest BCUT2D eigenvalue weighted by atomic mass is 32.2. The minimum atomic E-state index is -0.396. The van der Waals surface area contributed by atoms with Crippen LogP contribution in [0, 0.1) is 0 Å². The molecule has 18 heteroatoms. The maximum Gasteiger partial charge on any atom is 0.162 e. The molecule has 3 unspecified atom stereocenters. The van der Waals surface area contributed by atoms with E-state index in [0.29, 0.717) is 79.2 Å². The topological polar surface area (TPSA) is 177 Å². The van der Waals surface area contributed by atoms with E-state index < -0.39 is 11.2 Å². The van der Waals surface area contributed by atoms with E-state index in [-0.39, 0.29) is 79.2 Å². The van der Waals surface area contributed by atoms with Gasteiger partial charge in [-0.3, -0.25) is 0 Å². The summed E-state index contributed by atoms with van der Waals surface area (Å²) in [5, 5.41) is 70.1. The SMILES string of the molecule is CC(C)(C)Oc1cc(C(C)(C)C)cc(CSC2CCCCCC[C@@H]2SCc2cc(C(C)(C)C)cc(OC(C)(C)C)c2O)c1O.CC(C)Oc1cc(C(C)(C)C)cc(CSC2CCCCCC[C@@H]2SCc2cc(C(C)(C)C)cc(OC(C)C)c2O)c1O.CCOc1cc(C(C)(C)C)cc(CSC2CCCCCC[C@@H]2SCc2cc(C(C)(C)C)cc(OCC)c2O)c1O. The number of benzene rings is 6. The first-order valence-corrected chi connectivity index (χ1v) is 53.7. The number of phenols is 6. The van der Waals surface area contributed by atoms with Crippen LogP contribution < -0.4 is 28.4 Å². The van der Waals surface area contributed by atoms with Crippen molar-refractivity contribution in [3.63, 3.8) is 0 Å². The summed E-state index contributed by atoms with van der Waals surface area (Å²) in [6.45, 7) is 64.8. The molecule has 0 bridgehead atoms. The molecule has 0 aromatic heterocycles. The highest BCUT2D eigenvalue weighted by Crippen LogP contribution is 2.51. The van der Waals surface area contributed by atoms with Crippen LogP contribution in [-0.4, -0.2) is 98.8 Å². The number of thioether (sulfide) groups is 6. The van der Waals surface area contributed by atoms with Crippen molar-refractivity contribution >= 4 is 70.6 Å². The summed E-state index contributed by atoms with van der Waals surface area (Å²) >= 11 is 11.9. The number of hydrogen-bond donors (Lipinski definition) is 6. The molecule has 6 N–H and O–H groups in total. The fourth-order valence-corrected chi connectivity index (χ4v) is 25.1. The molecule has 0 radical (unpaired) electrons. The molecule has 0 heterocycles. The van der Waals surface area contributed by atoms with Gasteiger partial charge in [0.25, 0.3) is 0 Å². The van der Waals surface area contributed by atoms with E-state index in [1.807, 2.05) is 190 Å². The molecular formula is C108H168O12S6. The number of aromatic hydroxyl groups is 6. The summed E-state index contributed by atoms with van der Waals surface area (Å²) < 4.78 is 36.2. The van der Waals surface area contributed by atoms with Crippen LogP contribution in [0.15, 0.2) is 72.8 Å². The van der Waals surface area contributed by atoms with Gasteiger partial charge in [-0.1, -0.05) is 238 Å². The Bertz CT molecular complexity index is 4100. The third kappa shape index (κ3) is 34.2. The van der Waals surface area contributed by atoms with Gasteiger partial charge in [-0.2, -0.15) is 70.6 Å². The van der Waals surface area contributed by atoms with Gasteiger partial charge >= 0.3 is 0 Å². The molecule has 6 atom stereocenters. The summed E-state index contributed by atoms with van der Waals surface area (Å²) in [6.07, 6.45) is 22.2. The largest absolute Gasteiger partial charge is 0.504 e. The van der Waals surface area contributed by atoms with Gasteiger partial charge in [-0.15, -0.1) is 0 Å². The molecule has 6 aromatic carbocycles. The van der Waals surface area contributed by atoms with Gasteiger partial charge < -0.3 is 59.1 Å². The maximum atomic E-state index is 11.3. The second-order valence-corrected chi connectivity index (χ2v) is 51.5. The van der Waals surface area contributed by atoms with E-state index in [0.717, 1.165) is 67.9 Å². The van der Waals surface area contributed by atoms with Crippen molar-refractivity contribution in [2.45, 2.75) is 445 Å². The lowest BCUT2D eigenvalue weighted by Crippen LogP contribution is -2.24. The summed E-state index contributed by atoms with van der Waals surface area (Å²) in [6, 6.07) is 25.1. The second-order valence-electron chi connectivity index (χ2n) is 44.1. The summed E-state index contributed by atoms with van der Waals surface area (Å²) in [7, 11) is 0. The summed E-state index contributed by atoms with van der Waals surface area (Å²) in [4.78, 5) is 0. The van der Waals surface area contributed by atoms with E-state index in [9.17, 15) is 30.6 Å². The zero-order valence-electron chi connectivity index (χ0n) is 83.5. The predicted molar refractivity (Wildman–Crippen MR) is 549 cm³/mol. The van der Waals surface area contributed by atoms with Crippen LogP contribution in [0.2, 0.25) is 0 Å². The molecule has 3 fully saturated rings. The fraction of sp³-hybridized carbons (Fsp3) is 0.667. The van der Waals surface area contributed by atoms with Crippen LogP contribution >= 0.6 is 70.6 Å². The Morgan fingerprint density at radius 1 is 0.254 bits per heavy atom. The van der Waals surface area contributed by atoms with Gasteiger partial charge in [0.1, 0.15) is 11.2 Å². The highest BCUT2D eigenvalue weighted by molar-refractivity contribution is 8.04. The van der Waals surface area contributed by atoms with E-state index in [2.05, 4.69) is 161 Å². The van der Waals surface area contributed by atoms with Gasteiger partial charge in [0.05, 0.1) is 25.4 Å². The Hall–Kier alpha value is -4.98. The number of rotatable bonds is 28. The van der Waals surface area contributed by atoms with Crippen molar-refractivity contribution in [1.82, 2.24) is 0 Å². The molecule has 3 saturated carbocycles. The Balaban J connectivity index is 0.000000260. The van der Waals surface area contributed by atoms with Crippen molar-refractivity contribution < 1.29 is 59.1 Å². The average molecular weight is 1850 g/mol. The molecule has 12 nitrogen and oxygen atoms in total. The van der Waals surface area contributed by atoms with Crippen molar-refractivity contribution in [3.8, 4) is 69.0 Å². The lowest BCUT2D eigenvalue weighted by Gasteiger charge is -2.30. The molecule has 9 rings (SSSR count). The van der Waals surface area contributed by atoms with Gasteiger partial charge in [-0.05, 0) is 224 Å². The summed E-state index contributed by atoms with van der Waals surface area (Å²) in [5.74, 6) is 9.68. The van der Waals surface area contributed by atoms with Crippen LogP contribution in [0.4, 0.5) is 0 Å². The van der Waals surface area contributed by atoms with Crippen molar-refractivity contribution in [1.29, 1.82) is 0 Å². The number of phenolic OH excluding ortho intramolecular Hbond substituents is 6. The van der Waals surface area contributed by atoms with Crippen molar-refractivity contribution in [2.24, 2.45) is 0 Å². The molecule has 0 amide bonds. The second kappa shape index (κ2) is 47.6. The van der Waals surface area contributed by atoms with Crippen molar-refractivity contribution in [2.75, 3.05) is 13.2 Å². The van der Waals surface area contributed by atoms with Gasteiger partial charge in [0.15, 0.2) is 69.0 Å². The van der Waals surface area contributed by atoms with Gasteiger partial charge in [0, 0.05) is 99.4 Å².